The molecule has 1 N–H and O–H groups in total. The highest BCUT2D eigenvalue weighted by molar-refractivity contribution is 5.31. The molecule has 0 aliphatic carbocycles. The number of hydrogen-bond acceptors (Lipinski definition) is 4. The minimum absolute atomic E-state index is 0.178. The smallest absolute Gasteiger partial charge is 0.225 e. The van der Waals surface area contributed by atoms with Crippen molar-refractivity contribution in [3.63, 3.8) is 0 Å². The molecule has 0 amide bonds. The number of anilines is 1. The first-order chi connectivity index (χ1) is 10.1. The minimum atomic E-state index is -0.638. The molecule has 110 valence electrons. The van der Waals surface area contributed by atoms with Crippen molar-refractivity contribution in [3.05, 3.63) is 54.4 Å². The second-order valence-electron chi connectivity index (χ2n) is 5.99. The van der Waals surface area contributed by atoms with Gasteiger partial charge in [0.25, 0.3) is 0 Å². The summed E-state index contributed by atoms with van der Waals surface area (Å²) >= 11 is 0. The Balaban J connectivity index is 1.77. The predicted octanol–water partition coefficient (Wildman–Crippen LogP) is 2.30. The fourth-order valence-electron chi connectivity index (χ4n) is 2.94. The largest absolute Gasteiger partial charge is 0.390 e. The van der Waals surface area contributed by atoms with Gasteiger partial charge in [-0.05, 0) is 31.4 Å². The first-order valence-electron chi connectivity index (χ1n) is 7.43. The van der Waals surface area contributed by atoms with Crippen LogP contribution in [-0.2, 0) is 6.42 Å². The van der Waals surface area contributed by atoms with Crippen LogP contribution in [-0.4, -0.2) is 33.8 Å². The molecule has 0 spiro atoms. The topological polar surface area (TPSA) is 49.2 Å². The van der Waals surface area contributed by atoms with E-state index in [1.165, 1.54) is 5.56 Å². The average Bonchev–Trinajstić information content (AvgIpc) is 2.51. The Morgan fingerprint density at radius 2 is 1.90 bits per heavy atom. The molecule has 1 saturated heterocycles. The number of piperidine rings is 1. The van der Waals surface area contributed by atoms with Crippen LogP contribution >= 0.6 is 0 Å². The third kappa shape index (κ3) is 3.22. The molecule has 0 bridgehead atoms. The maximum Gasteiger partial charge on any atom is 0.225 e. The molecule has 1 aromatic carbocycles. The first-order valence-corrected chi connectivity index (χ1v) is 7.43. The standard InChI is InChI=1S/C17H21N3O/c1-17(21)8-11-20(16-18-9-5-10-19-16)13-15(17)12-14-6-3-2-4-7-14/h2-7,9-10,15,21H,8,11-13H2,1H3/t15-,17+/m0/s1. The van der Waals surface area contributed by atoms with Crippen LogP contribution in [0, 0.1) is 5.92 Å². The zero-order valence-electron chi connectivity index (χ0n) is 12.3. The van der Waals surface area contributed by atoms with Gasteiger partial charge in [-0.2, -0.15) is 0 Å². The third-order valence-corrected chi connectivity index (χ3v) is 4.37. The van der Waals surface area contributed by atoms with Gasteiger partial charge < -0.3 is 10.0 Å². The summed E-state index contributed by atoms with van der Waals surface area (Å²) in [6, 6.07) is 12.2. The Bertz CT molecular complexity index is 571. The third-order valence-electron chi connectivity index (χ3n) is 4.37. The van der Waals surface area contributed by atoms with Crippen LogP contribution in [0.2, 0.25) is 0 Å². The van der Waals surface area contributed by atoms with Gasteiger partial charge in [0.15, 0.2) is 0 Å². The summed E-state index contributed by atoms with van der Waals surface area (Å²) < 4.78 is 0. The van der Waals surface area contributed by atoms with Crippen LogP contribution < -0.4 is 4.90 Å². The van der Waals surface area contributed by atoms with Crippen LogP contribution in [0.25, 0.3) is 0 Å². The lowest BCUT2D eigenvalue weighted by atomic mass is 9.79. The molecule has 1 aliphatic rings. The lowest BCUT2D eigenvalue weighted by Gasteiger charge is -2.42. The SMILES string of the molecule is C[C@@]1(O)CCN(c2ncccn2)C[C@@H]1Cc1ccccc1. The van der Waals surface area contributed by atoms with Crippen molar-refractivity contribution in [2.24, 2.45) is 5.92 Å². The van der Waals surface area contributed by atoms with Gasteiger partial charge in [-0.25, -0.2) is 9.97 Å². The normalized spacial score (nSPS) is 25.8. The zero-order valence-corrected chi connectivity index (χ0v) is 12.3. The van der Waals surface area contributed by atoms with E-state index in [9.17, 15) is 5.11 Å². The van der Waals surface area contributed by atoms with Crippen molar-refractivity contribution in [2.75, 3.05) is 18.0 Å². The summed E-state index contributed by atoms with van der Waals surface area (Å²) in [5.74, 6) is 0.934. The summed E-state index contributed by atoms with van der Waals surface area (Å²) in [4.78, 5) is 10.8. The Morgan fingerprint density at radius 3 is 2.62 bits per heavy atom. The summed E-state index contributed by atoms with van der Waals surface area (Å²) in [6.45, 7) is 3.53. The molecule has 2 atom stereocenters. The lowest BCUT2D eigenvalue weighted by Crippen LogP contribution is -2.51. The lowest BCUT2D eigenvalue weighted by molar-refractivity contribution is -0.0169. The Labute approximate surface area is 125 Å². The number of hydrogen-bond donors (Lipinski definition) is 1. The number of aromatic nitrogens is 2. The molecule has 2 heterocycles. The highest BCUT2D eigenvalue weighted by Crippen LogP contribution is 2.31. The van der Waals surface area contributed by atoms with Crippen molar-refractivity contribution in [1.82, 2.24) is 9.97 Å². The van der Waals surface area contributed by atoms with Crippen molar-refractivity contribution in [3.8, 4) is 0 Å². The van der Waals surface area contributed by atoms with E-state index in [4.69, 9.17) is 0 Å². The molecule has 21 heavy (non-hydrogen) atoms. The second-order valence-corrected chi connectivity index (χ2v) is 5.99. The van der Waals surface area contributed by atoms with Crippen LogP contribution in [0.5, 0.6) is 0 Å². The molecule has 0 saturated carbocycles. The maximum atomic E-state index is 10.7. The highest BCUT2D eigenvalue weighted by Gasteiger charge is 2.38. The zero-order chi connectivity index (χ0) is 14.7. The van der Waals surface area contributed by atoms with E-state index in [0.29, 0.717) is 0 Å². The van der Waals surface area contributed by atoms with E-state index < -0.39 is 5.60 Å². The molecule has 4 nitrogen and oxygen atoms in total. The predicted molar refractivity (Wildman–Crippen MR) is 83.1 cm³/mol. The fourth-order valence-corrected chi connectivity index (χ4v) is 2.94. The van der Waals surface area contributed by atoms with Gasteiger partial charge in [-0.1, -0.05) is 30.3 Å². The quantitative estimate of drug-likeness (QED) is 0.939. The van der Waals surface area contributed by atoms with E-state index >= 15 is 0 Å². The number of benzene rings is 1. The Kier molecular flexibility index (Phi) is 3.88. The molecule has 1 aromatic heterocycles. The van der Waals surface area contributed by atoms with E-state index in [0.717, 1.165) is 31.9 Å². The van der Waals surface area contributed by atoms with E-state index in [2.05, 4.69) is 27.0 Å². The van der Waals surface area contributed by atoms with Crippen molar-refractivity contribution in [2.45, 2.75) is 25.4 Å². The first kappa shape index (κ1) is 14.0. The molecule has 2 aromatic rings. The average molecular weight is 283 g/mol. The maximum absolute atomic E-state index is 10.7. The fraction of sp³-hybridized carbons (Fsp3) is 0.412. The molecular weight excluding hydrogens is 262 g/mol. The van der Waals surface area contributed by atoms with Gasteiger partial charge in [-0.3, -0.25) is 0 Å². The Hall–Kier alpha value is -1.94. The van der Waals surface area contributed by atoms with Gasteiger partial charge in [0, 0.05) is 31.4 Å². The number of rotatable bonds is 3. The Morgan fingerprint density at radius 1 is 1.19 bits per heavy atom. The molecule has 3 rings (SSSR count). The van der Waals surface area contributed by atoms with Gasteiger partial charge >= 0.3 is 0 Å². The van der Waals surface area contributed by atoms with Gasteiger partial charge in [-0.15, -0.1) is 0 Å². The van der Waals surface area contributed by atoms with Gasteiger partial charge in [0.2, 0.25) is 5.95 Å². The summed E-state index contributed by atoms with van der Waals surface area (Å²) in [5.41, 5.74) is 0.625. The molecule has 0 unspecified atom stereocenters. The van der Waals surface area contributed by atoms with Gasteiger partial charge in [0.1, 0.15) is 0 Å². The minimum Gasteiger partial charge on any atom is -0.390 e. The summed E-state index contributed by atoms with van der Waals surface area (Å²) in [5, 5.41) is 10.7. The molecule has 4 heteroatoms. The van der Waals surface area contributed by atoms with Crippen LogP contribution in [0.4, 0.5) is 5.95 Å². The molecule has 0 radical (unpaired) electrons. The molecule has 1 aliphatic heterocycles. The van der Waals surface area contributed by atoms with Crippen LogP contribution in [0.1, 0.15) is 18.9 Å². The molecular formula is C17H21N3O. The monoisotopic (exact) mass is 283 g/mol. The van der Waals surface area contributed by atoms with E-state index in [1.54, 1.807) is 12.4 Å². The highest BCUT2D eigenvalue weighted by atomic mass is 16.3. The van der Waals surface area contributed by atoms with Gasteiger partial charge in [0.05, 0.1) is 5.60 Å². The summed E-state index contributed by atoms with van der Waals surface area (Å²) in [7, 11) is 0. The van der Waals surface area contributed by atoms with E-state index in [1.807, 2.05) is 31.2 Å². The number of nitrogens with zero attached hydrogens (tertiary/aromatic N) is 3. The van der Waals surface area contributed by atoms with Crippen LogP contribution in [0.3, 0.4) is 0 Å². The van der Waals surface area contributed by atoms with E-state index in [-0.39, 0.29) is 5.92 Å². The van der Waals surface area contributed by atoms with Crippen LogP contribution in [0.15, 0.2) is 48.8 Å². The summed E-state index contributed by atoms with van der Waals surface area (Å²) in [6.07, 6.45) is 5.14. The van der Waals surface area contributed by atoms with Crippen molar-refractivity contribution in [1.29, 1.82) is 0 Å². The number of aliphatic hydroxyl groups is 1. The molecule has 1 fully saturated rings. The second kappa shape index (κ2) is 5.82. The van der Waals surface area contributed by atoms with Crippen molar-refractivity contribution < 1.29 is 5.11 Å². The van der Waals surface area contributed by atoms with Crippen molar-refractivity contribution >= 4 is 5.95 Å².